The maximum atomic E-state index is 12.7. The minimum atomic E-state index is -4.66. The van der Waals surface area contributed by atoms with Gasteiger partial charge in [0.05, 0.1) is 30.3 Å². The lowest BCUT2D eigenvalue weighted by molar-refractivity contribution is -0.137. The average molecular weight is 360 g/mol. The standard InChI is InChI=1S/C12H13ClF3NO4S/c1-17(7-11-20-4-5-21-11)22(18,19)10-6-8(12(14,15)16)2-3-9(10)13/h2-3,6,11H,4-5,7H2,1H3. The second-order valence-corrected chi connectivity index (χ2v) is 7.02. The van der Waals surface area contributed by atoms with E-state index in [-0.39, 0.29) is 11.6 Å². The molecule has 2 rings (SSSR count). The fraction of sp³-hybridized carbons (Fsp3) is 0.500. The van der Waals surface area contributed by atoms with Gasteiger partial charge in [0.25, 0.3) is 0 Å². The van der Waals surface area contributed by atoms with Crippen molar-refractivity contribution < 1.29 is 31.1 Å². The molecule has 1 aromatic rings. The van der Waals surface area contributed by atoms with Crippen LogP contribution in [0.15, 0.2) is 23.1 Å². The normalized spacial score (nSPS) is 17.4. The molecule has 0 aliphatic carbocycles. The molecule has 0 saturated carbocycles. The molecule has 1 aliphatic rings. The zero-order valence-corrected chi connectivity index (χ0v) is 13.0. The number of halogens is 4. The van der Waals surface area contributed by atoms with Crippen molar-refractivity contribution in [3.8, 4) is 0 Å². The zero-order chi connectivity index (χ0) is 16.5. The number of alkyl halides is 3. The van der Waals surface area contributed by atoms with E-state index in [1.54, 1.807) is 0 Å². The van der Waals surface area contributed by atoms with E-state index in [9.17, 15) is 21.6 Å². The molecule has 0 bridgehead atoms. The summed E-state index contributed by atoms with van der Waals surface area (Å²) in [5, 5.41) is -0.284. The Balaban J connectivity index is 2.31. The molecule has 0 amide bonds. The van der Waals surface area contributed by atoms with Crippen molar-refractivity contribution in [1.29, 1.82) is 0 Å². The van der Waals surface area contributed by atoms with Crippen LogP contribution in [0.4, 0.5) is 13.2 Å². The highest BCUT2D eigenvalue weighted by Crippen LogP contribution is 2.34. The van der Waals surface area contributed by atoms with Gasteiger partial charge in [0.2, 0.25) is 10.0 Å². The third-order valence-electron chi connectivity index (χ3n) is 3.04. The van der Waals surface area contributed by atoms with E-state index in [2.05, 4.69) is 0 Å². The molecule has 0 aromatic heterocycles. The topological polar surface area (TPSA) is 55.8 Å². The van der Waals surface area contributed by atoms with Crippen molar-refractivity contribution in [3.63, 3.8) is 0 Å². The number of ether oxygens (including phenoxy) is 2. The lowest BCUT2D eigenvalue weighted by Gasteiger charge is -2.21. The lowest BCUT2D eigenvalue weighted by Crippen LogP contribution is -2.35. The molecule has 22 heavy (non-hydrogen) atoms. The van der Waals surface area contributed by atoms with Crippen LogP contribution in [-0.2, 0) is 25.7 Å². The molecular formula is C12H13ClF3NO4S. The molecule has 5 nitrogen and oxygen atoms in total. The first kappa shape index (κ1) is 17.5. The van der Waals surface area contributed by atoms with E-state index in [0.29, 0.717) is 19.3 Å². The summed E-state index contributed by atoms with van der Waals surface area (Å²) >= 11 is 5.76. The summed E-state index contributed by atoms with van der Waals surface area (Å²) in [5.41, 5.74) is -1.09. The minimum Gasteiger partial charge on any atom is -0.349 e. The second kappa shape index (κ2) is 6.32. The summed E-state index contributed by atoms with van der Waals surface area (Å²) in [6.45, 7) is 0.528. The van der Waals surface area contributed by atoms with Crippen molar-refractivity contribution in [3.05, 3.63) is 28.8 Å². The number of hydrogen-bond donors (Lipinski definition) is 0. The Bertz CT molecular complexity index is 644. The van der Waals surface area contributed by atoms with Gasteiger partial charge in [-0.25, -0.2) is 8.42 Å². The highest BCUT2D eigenvalue weighted by molar-refractivity contribution is 7.89. The number of hydrogen-bond acceptors (Lipinski definition) is 4. The summed E-state index contributed by atoms with van der Waals surface area (Å²) in [6.07, 6.45) is -5.41. The van der Waals surface area contributed by atoms with Crippen LogP contribution in [0.2, 0.25) is 5.02 Å². The Morgan fingerprint density at radius 2 is 1.91 bits per heavy atom. The van der Waals surface area contributed by atoms with Gasteiger partial charge >= 0.3 is 6.18 Å². The molecule has 0 spiro atoms. The molecule has 1 saturated heterocycles. The molecule has 0 N–H and O–H groups in total. The Morgan fingerprint density at radius 1 is 1.32 bits per heavy atom. The Morgan fingerprint density at radius 3 is 2.45 bits per heavy atom. The third kappa shape index (κ3) is 3.72. The fourth-order valence-corrected chi connectivity index (χ4v) is 3.52. The van der Waals surface area contributed by atoms with Crippen molar-refractivity contribution in [1.82, 2.24) is 4.31 Å². The van der Waals surface area contributed by atoms with E-state index in [0.717, 1.165) is 16.4 Å². The highest BCUT2D eigenvalue weighted by Gasteiger charge is 2.34. The van der Waals surface area contributed by atoms with Gasteiger partial charge < -0.3 is 9.47 Å². The summed E-state index contributed by atoms with van der Waals surface area (Å²) in [7, 11) is -2.98. The number of sulfonamides is 1. The zero-order valence-electron chi connectivity index (χ0n) is 11.4. The summed E-state index contributed by atoms with van der Waals surface area (Å²) in [5.74, 6) is 0. The van der Waals surface area contributed by atoms with Crippen LogP contribution >= 0.6 is 11.6 Å². The van der Waals surface area contributed by atoms with Crippen molar-refractivity contribution in [2.24, 2.45) is 0 Å². The van der Waals surface area contributed by atoms with Gasteiger partial charge in [0.1, 0.15) is 4.90 Å². The van der Waals surface area contributed by atoms with Gasteiger partial charge in [0, 0.05) is 7.05 Å². The largest absolute Gasteiger partial charge is 0.416 e. The van der Waals surface area contributed by atoms with Crippen molar-refractivity contribution >= 4 is 21.6 Å². The minimum absolute atomic E-state index is 0.144. The first-order valence-corrected chi connectivity index (χ1v) is 8.00. The van der Waals surface area contributed by atoms with Gasteiger partial charge in [0.15, 0.2) is 6.29 Å². The Labute approximate surface area is 130 Å². The SMILES string of the molecule is CN(CC1OCCO1)S(=O)(=O)c1cc(C(F)(F)F)ccc1Cl. The molecule has 124 valence electrons. The third-order valence-corrected chi connectivity index (χ3v) is 5.35. The summed E-state index contributed by atoms with van der Waals surface area (Å²) in [6, 6.07) is 2.16. The average Bonchev–Trinajstić information content (AvgIpc) is 2.90. The van der Waals surface area contributed by atoms with E-state index in [1.165, 1.54) is 7.05 Å². The number of benzene rings is 1. The van der Waals surface area contributed by atoms with Gasteiger partial charge in [-0.3, -0.25) is 0 Å². The molecule has 1 heterocycles. The number of likely N-dealkylation sites (N-methyl/N-ethyl adjacent to an activating group) is 1. The van der Waals surface area contributed by atoms with Crippen LogP contribution in [0.1, 0.15) is 5.56 Å². The van der Waals surface area contributed by atoms with Crippen LogP contribution in [0.3, 0.4) is 0 Å². The first-order valence-electron chi connectivity index (χ1n) is 6.18. The van der Waals surface area contributed by atoms with Gasteiger partial charge in [-0.2, -0.15) is 17.5 Å². The van der Waals surface area contributed by atoms with Crippen LogP contribution in [0, 0.1) is 0 Å². The van der Waals surface area contributed by atoms with Crippen LogP contribution in [-0.4, -0.2) is 45.8 Å². The summed E-state index contributed by atoms with van der Waals surface area (Å²) < 4.78 is 74.0. The van der Waals surface area contributed by atoms with E-state index >= 15 is 0 Å². The van der Waals surface area contributed by atoms with Gasteiger partial charge in [-0.1, -0.05) is 11.6 Å². The second-order valence-electron chi connectivity index (χ2n) is 4.60. The molecule has 1 aliphatic heterocycles. The van der Waals surface area contributed by atoms with E-state index in [1.807, 2.05) is 0 Å². The van der Waals surface area contributed by atoms with E-state index < -0.39 is 32.9 Å². The molecular weight excluding hydrogens is 347 g/mol. The monoisotopic (exact) mass is 359 g/mol. The predicted octanol–water partition coefficient (Wildman–Crippen LogP) is 2.35. The predicted molar refractivity (Wildman–Crippen MR) is 72.0 cm³/mol. The van der Waals surface area contributed by atoms with Crippen molar-refractivity contribution in [2.75, 3.05) is 26.8 Å². The number of nitrogens with zero attached hydrogens (tertiary/aromatic N) is 1. The quantitative estimate of drug-likeness (QED) is 0.828. The molecule has 0 unspecified atom stereocenters. The van der Waals surface area contributed by atoms with E-state index in [4.69, 9.17) is 21.1 Å². The van der Waals surface area contributed by atoms with Crippen LogP contribution in [0.5, 0.6) is 0 Å². The molecule has 0 radical (unpaired) electrons. The molecule has 1 aromatic carbocycles. The number of rotatable bonds is 4. The van der Waals surface area contributed by atoms with Gasteiger partial charge in [-0.05, 0) is 18.2 Å². The molecule has 0 atom stereocenters. The lowest BCUT2D eigenvalue weighted by atomic mass is 10.2. The Kier molecular flexibility index (Phi) is 5.03. The Hall–Kier alpha value is -0.870. The van der Waals surface area contributed by atoms with Gasteiger partial charge in [-0.15, -0.1) is 0 Å². The smallest absolute Gasteiger partial charge is 0.349 e. The summed E-state index contributed by atoms with van der Waals surface area (Å²) in [4.78, 5) is -0.607. The van der Waals surface area contributed by atoms with Crippen LogP contribution in [0.25, 0.3) is 0 Å². The maximum Gasteiger partial charge on any atom is 0.416 e. The molecule has 1 fully saturated rings. The first-order chi connectivity index (χ1) is 10.1. The molecule has 10 heteroatoms. The highest BCUT2D eigenvalue weighted by atomic mass is 35.5. The van der Waals surface area contributed by atoms with Crippen molar-refractivity contribution in [2.45, 2.75) is 17.4 Å². The fourth-order valence-electron chi connectivity index (χ4n) is 1.87. The maximum absolute atomic E-state index is 12.7. The van der Waals surface area contributed by atoms with Crippen LogP contribution < -0.4 is 0 Å².